The van der Waals surface area contributed by atoms with E-state index in [2.05, 4.69) is 23.7 Å². The molecular weight excluding hydrogens is 202 g/mol. The predicted molar refractivity (Wildman–Crippen MR) is 64.4 cm³/mol. The molecule has 0 aromatic carbocycles. The van der Waals surface area contributed by atoms with Crippen molar-refractivity contribution in [2.24, 2.45) is 0 Å². The number of carbonyl (C=O) groups is 1. The number of likely N-dealkylation sites (tertiary alicyclic amines) is 1. The molecule has 0 aliphatic carbocycles. The maximum absolute atomic E-state index is 11.6. The van der Waals surface area contributed by atoms with Gasteiger partial charge < -0.3 is 10.2 Å². The number of amides is 2. The van der Waals surface area contributed by atoms with Crippen LogP contribution in [0.4, 0.5) is 4.79 Å². The van der Waals surface area contributed by atoms with Crippen LogP contribution in [-0.2, 0) is 0 Å². The van der Waals surface area contributed by atoms with Gasteiger partial charge in [0.1, 0.15) is 0 Å². The first-order chi connectivity index (χ1) is 7.66. The molecule has 0 spiro atoms. The Balaban J connectivity index is 1.90. The number of piperidine rings is 1. The van der Waals surface area contributed by atoms with Crippen molar-refractivity contribution in [1.29, 1.82) is 0 Å². The van der Waals surface area contributed by atoms with E-state index in [1.165, 1.54) is 12.0 Å². The normalized spacial score (nSPS) is 26.9. The van der Waals surface area contributed by atoms with Crippen molar-refractivity contribution in [2.75, 3.05) is 32.7 Å². The van der Waals surface area contributed by atoms with Gasteiger partial charge in [0.15, 0.2) is 0 Å². The Morgan fingerprint density at radius 3 is 3.00 bits per heavy atom. The van der Waals surface area contributed by atoms with E-state index in [1.807, 2.05) is 4.90 Å². The van der Waals surface area contributed by atoms with Crippen LogP contribution < -0.4 is 5.32 Å². The minimum absolute atomic E-state index is 0.113. The molecule has 0 aromatic rings. The molecule has 1 atom stereocenters. The van der Waals surface area contributed by atoms with Gasteiger partial charge in [0, 0.05) is 32.2 Å². The van der Waals surface area contributed by atoms with Gasteiger partial charge in [0.05, 0.1) is 0 Å². The molecule has 2 rings (SSSR count). The number of hydrogen-bond acceptors (Lipinski definition) is 2. The molecule has 0 saturated carbocycles. The van der Waals surface area contributed by atoms with Gasteiger partial charge in [0.25, 0.3) is 0 Å². The first-order valence-corrected chi connectivity index (χ1v) is 6.08. The lowest BCUT2D eigenvalue weighted by atomic mass is 10.0. The van der Waals surface area contributed by atoms with Gasteiger partial charge in [-0.3, -0.25) is 4.90 Å². The van der Waals surface area contributed by atoms with Crippen molar-refractivity contribution in [2.45, 2.75) is 25.8 Å². The molecule has 0 aromatic heterocycles. The first kappa shape index (κ1) is 11.5. The smallest absolute Gasteiger partial charge is 0.317 e. The Hall–Kier alpha value is -1.03. The third-order valence-electron chi connectivity index (χ3n) is 3.30. The molecule has 4 heteroatoms. The SMILES string of the molecule is C=C(C)CN1CCC[C@@H](N2CCNC2=O)C1. The summed E-state index contributed by atoms with van der Waals surface area (Å²) in [7, 11) is 0. The van der Waals surface area contributed by atoms with Crippen molar-refractivity contribution in [3.05, 3.63) is 12.2 Å². The number of nitrogens with one attached hydrogen (secondary N) is 1. The average Bonchev–Trinajstić information content (AvgIpc) is 2.64. The lowest BCUT2D eigenvalue weighted by Gasteiger charge is -2.37. The van der Waals surface area contributed by atoms with Gasteiger partial charge in [-0.05, 0) is 26.3 Å². The van der Waals surface area contributed by atoms with E-state index >= 15 is 0 Å². The minimum atomic E-state index is 0.113. The van der Waals surface area contributed by atoms with E-state index < -0.39 is 0 Å². The predicted octanol–water partition coefficient (Wildman–Crippen LogP) is 1.05. The second kappa shape index (κ2) is 4.87. The van der Waals surface area contributed by atoms with Gasteiger partial charge in [-0.1, -0.05) is 12.2 Å². The van der Waals surface area contributed by atoms with Crippen molar-refractivity contribution < 1.29 is 4.79 Å². The van der Waals surface area contributed by atoms with Crippen LogP contribution >= 0.6 is 0 Å². The summed E-state index contributed by atoms with van der Waals surface area (Å²) in [5, 5.41) is 2.87. The molecule has 0 unspecified atom stereocenters. The summed E-state index contributed by atoms with van der Waals surface area (Å²) < 4.78 is 0. The number of urea groups is 1. The van der Waals surface area contributed by atoms with Gasteiger partial charge in [-0.25, -0.2) is 4.79 Å². The van der Waals surface area contributed by atoms with E-state index in [0.29, 0.717) is 6.04 Å². The van der Waals surface area contributed by atoms with E-state index in [9.17, 15) is 4.79 Å². The summed E-state index contributed by atoms with van der Waals surface area (Å²) in [6.07, 6.45) is 2.32. The topological polar surface area (TPSA) is 35.6 Å². The largest absolute Gasteiger partial charge is 0.336 e. The molecule has 16 heavy (non-hydrogen) atoms. The van der Waals surface area contributed by atoms with Gasteiger partial charge in [-0.2, -0.15) is 0 Å². The van der Waals surface area contributed by atoms with Crippen LogP contribution in [0.3, 0.4) is 0 Å². The molecule has 0 radical (unpaired) electrons. The standard InChI is InChI=1S/C12H21N3O/c1-10(2)8-14-6-3-4-11(9-14)15-7-5-13-12(15)16/h11H,1,3-9H2,2H3,(H,13,16)/t11-/m1/s1. The second-order valence-corrected chi connectivity index (χ2v) is 4.91. The Bertz CT molecular complexity index is 290. The van der Waals surface area contributed by atoms with Crippen LogP contribution in [0.25, 0.3) is 0 Å². The number of nitrogens with zero attached hydrogens (tertiary/aromatic N) is 2. The molecule has 1 N–H and O–H groups in total. The molecule has 90 valence electrons. The first-order valence-electron chi connectivity index (χ1n) is 6.08. The lowest BCUT2D eigenvalue weighted by Crippen LogP contribution is -2.49. The van der Waals surface area contributed by atoms with Crippen LogP contribution in [0.2, 0.25) is 0 Å². The molecule has 2 saturated heterocycles. The molecule has 2 heterocycles. The molecule has 2 aliphatic heterocycles. The zero-order chi connectivity index (χ0) is 11.5. The number of hydrogen-bond donors (Lipinski definition) is 1. The summed E-state index contributed by atoms with van der Waals surface area (Å²) in [5.74, 6) is 0. The highest BCUT2D eigenvalue weighted by Gasteiger charge is 2.30. The van der Waals surface area contributed by atoms with Crippen LogP contribution in [0, 0.1) is 0 Å². The highest BCUT2D eigenvalue weighted by Crippen LogP contribution is 2.18. The highest BCUT2D eigenvalue weighted by molar-refractivity contribution is 5.76. The minimum Gasteiger partial charge on any atom is -0.336 e. The van der Waals surface area contributed by atoms with Crippen molar-refractivity contribution in [1.82, 2.24) is 15.1 Å². The van der Waals surface area contributed by atoms with E-state index in [0.717, 1.165) is 39.1 Å². The zero-order valence-electron chi connectivity index (χ0n) is 10.0. The lowest BCUT2D eigenvalue weighted by molar-refractivity contribution is 0.132. The van der Waals surface area contributed by atoms with Crippen molar-refractivity contribution in [3.63, 3.8) is 0 Å². The fourth-order valence-electron chi connectivity index (χ4n) is 2.65. The zero-order valence-corrected chi connectivity index (χ0v) is 10.0. The Morgan fingerprint density at radius 2 is 2.38 bits per heavy atom. The van der Waals surface area contributed by atoms with Crippen LogP contribution in [0.5, 0.6) is 0 Å². The van der Waals surface area contributed by atoms with Crippen molar-refractivity contribution in [3.8, 4) is 0 Å². The highest BCUT2D eigenvalue weighted by atomic mass is 16.2. The third kappa shape index (κ3) is 2.55. The quantitative estimate of drug-likeness (QED) is 0.726. The maximum Gasteiger partial charge on any atom is 0.317 e. The average molecular weight is 223 g/mol. The molecule has 0 bridgehead atoms. The fraction of sp³-hybridized carbons (Fsp3) is 0.750. The summed E-state index contributed by atoms with van der Waals surface area (Å²) in [4.78, 5) is 16.0. The molecule has 2 amide bonds. The van der Waals surface area contributed by atoms with Crippen molar-refractivity contribution >= 4 is 6.03 Å². The third-order valence-corrected chi connectivity index (χ3v) is 3.30. The molecular formula is C12H21N3O. The van der Waals surface area contributed by atoms with Crippen LogP contribution in [-0.4, -0.2) is 54.6 Å². The van der Waals surface area contributed by atoms with Crippen LogP contribution in [0.15, 0.2) is 12.2 Å². The Morgan fingerprint density at radius 1 is 1.56 bits per heavy atom. The van der Waals surface area contributed by atoms with E-state index in [-0.39, 0.29) is 6.03 Å². The summed E-state index contributed by atoms with van der Waals surface area (Å²) in [6.45, 7) is 10.8. The van der Waals surface area contributed by atoms with E-state index in [4.69, 9.17) is 0 Å². The van der Waals surface area contributed by atoms with Gasteiger partial charge >= 0.3 is 6.03 Å². The fourth-order valence-corrected chi connectivity index (χ4v) is 2.65. The Labute approximate surface area is 97.3 Å². The number of carbonyl (C=O) groups excluding carboxylic acids is 1. The second-order valence-electron chi connectivity index (χ2n) is 4.91. The summed E-state index contributed by atoms with van der Waals surface area (Å²) >= 11 is 0. The molecule has 2 aliphatic rings. The summed E-state index contributed by atoms with van der Waals surface area (Å²) in [5.41, 5.74) is 1.20. The van der Waals surface area contributed by atoms with Crippen LogP contribution in [0.1, 0.15) is 19.8 Å². The van der Waals surface area contributed by atoms with E-state index in [1.54, 1.807) is 0 Å². The molecule has 2 fully saturated rings. The van der Waals surface area contributed by atoms with Gasteiger partial charge in [0.2, 0.25) is 0 Å². The summed E-state index contributed by atoms with van der Waals surface area (Å²) in [6, 6.07) is 0.512. The monoisotopic (exact) mass is 223 g/mol. The molecule has 4 nitrogen and oxygen atoms in total. The Kier molecular flexibility index (Phi) is 3.49. The van der Waals surface area contributed by atoms with Gasteiger partial charge in [-0.15, -0.1) is 0 Å². The maximum atomic E-state index is 11.6. The number of rotatable bonds is 3.